The van der Waals surface area contributed by atoms with E-state index in [0.717, 1.165) is 16.6 Å². The summed E-state index contributed by atoms with van der Waals surface area (Å²) in [6.45, 7) is 4.41. The van der Waals surface area contributed by atoms with Crippen molar-refractivity contribution in [2.75, 3.05) is 11.9 Å². The number of ether oxygens (including phenoxy) is 1. The minimum absolute atomic E-state index is 0.0597. The van der Waals surface area contributed by atoms with E-state index in [4.69, 9.17) is 4.74 Å². The topological polar surface area (TPSA) is 67.0 Å². The van der Waals surface area contributed by atoms with E-state index in [-0.39, 0.29) is 11.2 Å². The van der Waals surface area contributed by atoms with Crippen LogP contribution in [0.5, 0.6) is 5.75 Å². The second-order valence-electron chi connectivity index (χ2n) is 4.10. The molecular weight excluding hydrogens is 274 g/mol. The molecule has 0 aliphatic rings. The maximum absolute atomic E-state index is 12.0. The van der Waals surface area contributed by atoms with Gasteiger partial charge in [0.1, 0.15) is 5.75 Å². The van der Waals surface area contributed by atoms with Gasteiger partial charge < -0.3 is 15.0 Å². The highest BCUT2D eigenvalue weighted by atomic mass is 32.2. The van der Waals surface area contributed by atoms with Crippen LogP contribution in [0, 0.1) is 0 Å². The summed E-state index contributed by atoms with van der Waals surface area (Å²) in [5.41, 5.74) is 0.755. The normalized spacial score (nSPS) is 11.9. The summed E-state index contributed by atoms with van der Waals surface area (Å²) in [4.78, 5) is 19.1. The van der Waals surface area contributed by atoms with Gasteiger partial charge in [0.2, 0.25) is 5.91 Å². The Morgan fingerprint density at radius 1 is 1.45 bits per heavy atom. The van der Waals surface area contributed by atoms with Gasteiger partial charge in [0.05, 0.1) is 11.9 Å². The lowest BCUT2D eigenvalue weighted by molar-refractivity contribution is -0.115. The van der Waals surface area contributed by atoms with Gasteiger partial charge in [-0.3, -0.25) is 4.79 Å². The molecule has 20 heavy (non-hydrogen) atoms. The number of carbonyl (C=O) groups is 1. The fourth-order valence-electron chi connectivity index (χ4n) is 1.58. The van der Waals surface area contributed by atoms with Crippen LogP contribution >= 0.6 is 11.8 Å². The molecule has 1 unspecified atom stereocenters. The number of thioether (sulfide) groups is 1. The molecule has 1 amide bonds. The molecule has 1 aromatic heterocycles. The van der Waals surface area contributed by atoms with Crippen molar-refractivity contribution in [1.82, 2.24) is 9.97 Å². The van der Waals surface area contributed by atoms with E-state index in [2.05, 4.69) is 15.3 Å². The average Bonchev–Trinajstić information content (AvgIpc) is 2.94. The molecular formula is C14H17N3O2S. The Kier molecular flexibility index (Phi) is 5.06. The first-order chi connectivity index (χ1) is 9.69. The zero-order valence-corrected chi connectivity index (χ0v) is 12.2. The van der Waals surface area contributed by atoms with Crippen LogP contribution in [0.2, 0.25) is 0 Å². The molecule has 0 aliphatic heterocycles. The SMILES string of the molecule is CCOc1ccc(NC(=O)C(C)Sc2ncc[nH]2)cc1. The van der Waals surface area contributed by atoms with Crippen LogP contribution < -0.4 is 10.1 Å². The van der Waals surface area contributed by atoms with Crippen molar-refractivity contribution in [3.63, 3.8) is 0 Å². The van der Waals surface area contributed by atoms with Crippen molar-refractivity contribution < 1.29 is 9.53 Å². The molecule has 5 nitrogen and oxygen atoms in total. The number of carbonyl (C=O) groups excluding carboxylic acids is 1. The van der Waals surface area contributed by atoms with E-state index < -0.39 is 0 Å². The van der Waals surface area contributed by atoms with E-state index in [9.17, 15) is 4.79 Å². The number of amides is 1. The van der Waals surface area contributed by atoms with Crippen LogP contribution in [0.3, 0.4) is 0 Å². The van der Waals surface area contributed by atoms with E-state index in [0.29, 0.717) is 6.61 Å². The third kappa shape index (κ3) is 4.03. The Morgan fingerprint density at radius 3 is 2.80 bits per heavy atom. The molecule has 2 rings (SSSR count). The summed E-state index contributed by atoms with van der Waals surface area (Å²) in [5.74, 6) is 0.735. The van der Waals surface area contributed by atoms with E-state index >= 15 is 0 Å². The Morgan fingerprint density at radius 2 is 2.20 bits per heavy atom. The number of imidazole rings is 1. The largest absolute Gasteiger partial charge is 0.494 e. The zero-order chi connectivity index (χ0) is 14.4. The summed E-state index contributed by atoms with van der Waals surface area (Å²) in [7, 11) is 0. The lowest BCUT2D eigenvalue weighted by Crippen LogP contribution is -2.22. The second kappa shape index (κ2) is 7.00. The molecule has 6 heteroatoms. The standard InChI is InChI=1S/C14H17N3O2S/c1-3-19-12-6-4-11(5-7-12)17-13(18)10(2)20-14-15-8-9-16-14/h4-10H,3H2,1-2H3,(H,15,16)(H,17,18). The first-order valence-electron chi connectivity index (χ1n) is 6.39. The van der Waals surface area contributed by atoms with Crippen LogP contribution in [0.25, 0.3) is 0 Å². The predicted octanol–water partition coefficient (Wildman–Crippen LogP) is 2.93. The molecule has 2 N–H and O–H groups in total. The lowest BCUT2D eigenvalue weighted by Gasteiger charge is -2.11. The molecule has 0 saturated heterocycles. The molecule has 2 aromatic rings. The number of H-pyrrole nitrogens is 1. The number of benzene rings is 1. The van der Waals surface area contributed by atoms with Crippen molar-refractivity contribution in [1.29, 1.82) is 0 Å². The summed E-state index contributed by atoms with van der Waals surface area (Å²) in [6.07, 6.45) is 3.40. The predicted molar refractivity (Wildman–Crippen MR) is 80.1 cm³/mol. The number of hydrogen-bond donors (Lipinski definition) is 2. The molecule has 0 fully saturated rings. The highest BCUT2D eigenvalue weighted by Crippen LogP contribution is 2.21. The minimum Gasteiger partial charge on any atom is -0.494 e. The molecule has 1 heterocycles. The summed E-state index contributed by atoms with van der Waals surface area (Å²) < 4.78 is 5.35. The van der Waals surface area contributed by atoms with Gasteiger partial charge in [-0.2, -0.15) is 0 Å². The van der Waals surface area contributed by atoms with Crippen molar-refractivity contribution in [3.05, 3.63) is 36.7 Å². The maximum Gasteiger partial charge on any atom is 0.237 e. The molecule has 0 spiro atoms. The smallest absolute Gasteiger partial charge is 0.237 e. The number of hydrogen-bond acceptors (Lipinski definition) is 4. The Balaban J connectivity index is 1.90. The van der Waals surface area contributed by atoms with Crippen molar-refractivity contribution in [3.8, 4) is 5.75 Å². The zero-order valence-electron chi connectivity index (χ0n) is 11.4. The minimum atomic E-state index is -0.229. The molecule has 1 atom stereocenters. The van der Waals surface area contributed by atoms with Gasteiger partial charge in [-0.05, 0) is 38.1 Å². The van der Waals surface area contributed by atoms with Gasteiger partial charge in [0, 0.05) is 18.1 Å². The summed E-state index contributed by atoms with van der Waals surface area (Å²) in [6, 6.07) is 7.33. The Bertz CT molecular complexity index is 540. The molecule has 1 aromatic carbocycles. The number of nitrogens with one attached hydrogen (secondary N) is 2. The molecule has 0 bridgehead atoms. The van der Waals surface area contributed by atoms with Gasteiger partial charge in [-0.1, -0.05) is 11.8 Å². The van der Waals surface area contributed by atoms with Crippen LogP contribution in [0.15, 0.2) is 41.8 Å². The van der Waals surface area contributed by atoms with Crippen LogP contribution in [-0.4, -0.2) is 27.7 Å². The average molecular weight is 291 g/mol. The van der Waals surface area contributed by atoms with Gasteiger partial charge in [-0.25, -0.2) is 4.98 Å². The number of aromatic nitrogens is 2. The number of anilines is 1. The van der Waals surface area contributed by atoms with Gasteiger partial charge in [-0.15, -0.1) is 0 Å². The fourth-order valence-corrected chi connectivity index (χ4v) is 2.34. The van der Waals surface area contributed by atoms with Crippen LogP contribution in [-0.2, 0) is 4.79 Å². The molecule has 106 valence electrons. The monoisotopic (exact) mass is 291 g/mol. The fraction of sp³-hybridized carbons (Fsp3) is 0.286. The number of aromatic amines is 1. The van der Waals surface area contributed by atoms with Crippen LogP contribution in [0.1, 0.15) is 13.8 Å². The Hall–Kier alpha value is -1.95. The highest BCUT2D eigenvalue weighted by molar-refractivity contribution is 8.00. The van der Waals surface area contributed by atoms with E-state index in [1.165, 1.54) is 11.8 Å². The first kappa shape index (κ1) is 14.5. The van der Waals surface area contributed by atoms with E-state index in [1.807, 2.05) is 38.1 Å². The van der Waals surface area contributed by atoms with E-state index in [1.54, 1.807) is 12.4 Å². The van der Waals surface area contributed by atoms with Crippen molar-refractivity contribution in [2.24, 2.45) is 0 Å². The summed E-state index contributed by atoms with van der Waals surface area (Å²) >= 11 is 1.39. The first-order valence-corrected chi connectivity index (χ1v) is 7.26. The molecule has 0 saturated carbocycles. The van der Waals surface area contributed by atoms with Gasteiger partial charge in [0.25, 0.3) is 0 Å². The summed E-state index contributed by atoms with van der Waals surface area (Å²) in [5, 5.41) is 3.37. The molecule has 0 aliphatic carbocycles. The third-order valence-electron chi connectivity index (χ3n) is 2.56. The van der Waals surface area contributed by atoms with Crippen LogP contribution in [0.4, 0.5) is 5.69 Å². The molecule has 0 radical (unpaired) electrons. The Labute approximate surface area is 122 Å². The number of rotatable bonds is 6. The highest BCUT2D eigenvalue weighted by Gasteiger charge is 2.15. The van der Waals surface area contributed by atoms with Crippen molar-refractivity contribution >= 4 is 23.4 Å². The third-order valence-corrected chi connectivity index (χ3v) is 3.58. The maximum atomic E-state index is 12.0. The number of nitrogens with zero attached hydrogens (tertiary/aromatic N) is 1. The lowest BCUT2D eigenvalue weighted by atomic mass is 10.3. The van der Waals surface area contributed by atoms with Gasteiger partial charge in [0.15, 0.2) is 5.16 Å². The second-order valence-corrected chi connectivity index (χ2v) is 5.43. The quantitative estimate of drug-likeness (QED) is 0.803. The van der Waals surface area contributed by atoms with Gasteiger partial charge >= 0.3 is 0 Å². The van der Waals surface area contributed by atoms with Crippen molar-refractivity contribution in [2.45, 2.75) is 24.3 Å².